The van der Waals surface area contributed by atoms with Gasteiger partial charge in [-0.3, -0.25) is 4.79 Å². The number of thiophene rings is 1. The molecule has 0 unspecified atom stereocenters. The summed E-state index contributed by atoms with van der Waals surface area (Å²) in [4.78, 5) is 12.8. The molecular formula is C19H20N2O3S2. The van der Waals surface area contributed by atoms with Gasteiger partial charge in [-0.05, 0) is 55.2 Å². The largest absolute Gasteiger partial charge is 0.491 e. The molecule has 0 spiro atoms. The predicted octanol–water partition coefficient (Wildman–Crippen LogP) is 4.30. The van der Waals surface area contributed by atoms with Crippen LogP contribution in [0.5, 0.6) is 5.75 Å². The van der Waals surface area contributed by atoms with Crippen LogP contribution in [0.15, 0.2) is 18.2 Å². The molecule has 0 bridgehead atoms. The molecular weight excluding hydrogens is 368 g/mol. The van der Waals surface area contributed by atoms with Crippen molar-refractivity contribution in [2.75, 3.05) is 13.2 Å². The van der Waals surface area contributed by atoms with Gasteiger partial charge in [0.05, 0.1) is 16.4 Å². The molecule has 0 aliphatic heterocycles. The fraction of sp³-hybridized carbons (Fsp3) is 0.316. The van der Waals surface area contributed by atoms with Gasteiger partial charge in [0.15, 0.2) is 11.3 Å². The van der Waals surface area contributed by atoms with E-state index in [1.54, 1.807) is 0 Å². The van der Waals surface area contributed by atoms with Gasteiger partial charge in [0, 0.05) is 5.56 Å². The quantitative estimate of drug-likeness (QED) is 0.611. The second-order valence-electron chi connectivity index (χ2n) is 5.90. The van der Waals surface area contributed by atoms with Crippen molar-refractivity contribution < 1.29 is 14.6 Å². The third-order valence-corrected chi connectivity index (χ3v) is 6.32. The van der Waals surface area contributed by atoms with Crippen molar-refractivity contribution >= 4 is 29.0 Å². The maximum absolute atomic E-state index is 11.1. The Balaban J connectivity index is 1.95. The van der Waals surface area contributed by atoms with Gasteiger partial charge in [-0.15, -0.1) is 21.5 Å². The number of hydrogen-bond donors (Lipinski definition) is 1. The molecule has 0 saturated heterocycles. The summed E-state index contributed by atoms with van der Waals surface area (Å²) in [6.07, 6.45) is 1.71. The lowest BCUT2D eigenvalue weighted by atomic mass is 10.0. The van der Waals surface area contributed by atoms with Gasteiger partial charge >= 0.3 is 0 Å². The van der Waals surface area contributed by atoms with Gasteiger partial charge in [0.25, 0.3) is 0 Å². The minimum atomic E-state index is -0.00683. The van der Waals surface area contributed by atoms with E-state index in [0.29, 0.717) is 0 Å². The Morgan fingerprint density at radius 1 is 1.12 bits per heavy atom. The summed E-state index contributed by atoms with van der Waals surface area (Å²) in [7, 11) is 0. The molecule has 3 rings (SSSR count). The molecule has 2 aromatic heterocycles. The Labute approximate surface area is 160 Å². The molecule has 0 aliphatic rings. The van der Waals surface area contributed by atoms with Crippen molar-refractivity contribution in [2.45, 2.75) is 27.2 Å². The summed E-state index contributed by atoms with van der Waals surface area (Å²) in [6.45, 7) is 6.27. The number of aliphatic hydroxyl groups is 1. The summed E-state index contributed by atoms with van der Waals surface area (Å²) in [6, 6.07) is 6.08. The van der Waals surface area contributed by atoms with Gasteiger partial charge in [-0.1, -0.05) is 18.3 Å². The van der Waals surface area contributed by atoms with Crippen LogP contribution in [-0.4, -0.2) is 34.8 Å². The fourth-order valence-corrected chi connectivity index (χ4v) is 4.61. The monoisotopic (exact) mass is 388 g/mol. The Kier molecular flexibility index (Phi) is 5.80. The first kappa shape index (κ1) is 18.7. The van der Waals surface area contributed by atoms with Crippen LogP contribution in [0.2, 0.25) is 0 Å². The average molecular weight is 389 g/mol. The zero-order valence-electron chi connectivity index (χ0n) is 14.9. The van der Waals surface area contributed by atoms with E-state index in [1.165, 1.54) is 22.7 Å². The van der Waals surface area contributed by atoms with Crippen molar-refractivity contribution in [2.24, 2.45) is 0 Å². The van der Waals surface area contributed by atoms with Crippen LogP contribution in [0.3, 0.4) is 0 Å². The van der Waals surface area contributed by atoms with Crippen LogP contribution in [-0.2, 0) is 6.42 Å². The molecule has 136 valence electrons. The topological polar surface area (TPSA) is 72.3 Å². The Bertz CT molecular complexity index is 931. The van der Waals surface area contributed by atoms with E-state index in [1.807, 2.05) is 26.0 Å². The van der Waals surface area contributed by atoms with Crippen molar-refractivity contribution in [3.05, 3.63) is 39.8 Å². The highest BCUT2D eigenvalue weighted by Crippen LogP contribution is 2.37. The molecule has 3 aromatic rings. The average Bonchev–Trinajstić information content (AvgIpc) is 3.26. The first-order valence-electron chi connectivity index (χ1n) is 8.34. The van der Waals surface area contributed by atoms with Crippen molar-refractivity contribution in [1.82, 2.24) is 10.2 Å². The van der Waals surface area contributed by atoms with E-state index in [-0.39, 0.29) is 13.2 Å². The molecule has 0 fully saturated rings. The number of aryl methyl sites for hydroxylation is 3. The summed E-state index contributed by atoms with van der Waals surface area (Å²) in [5.41, 5.74) is 4.06. The highest BCUT2D eigenvalue weighted by atomic mass is 32.1. The number of aldehydes is 1. The number of benzene rings is 1. The number of aromatic nitrogens is 2. The van der Waals surface area contributed by atoms with E-state index >= 15 is 0 Å². The van der Waals surface area contributed by atoms with Crippen molar-refractivity contribution in [1.29, 1.82) is 0 Å². The maximum atomic E-state index is 11.1. The zero-order valence-corrected chi connectivity index (χ0v) is 16.5. The van der Waals surface area contributed by atoms with Gasteiger partial charge in [0.1, 0.15) is 17.4 Å². The minimum Gasteiger partial charge on any atom is -0.491 e. The fourth-order valence-electron chi connectivity index (χ4n) is 2.75. The standard InChI is InChI=1S/C19H20N2O3S2/c1-4-13-9-14(7-12(3)17(13)24-6-5-22)18-20-21-19(26-18)15-8-11(2)16(10-23)25-15/h7-10,22H,4-6H2,1-3H3. The molecule has 0 aliphatic carbocycles. The molecule has 1 N–H and O–H groups in total. The molecule has 0 atom stereocenters. The SMILES string of the molecule is CCc1cc(-c2nnc(-c3cc(C)c(C=O)s3)s2)cc(C)c1OCCO. The number of ether oxygens (including phenoxy) is 1. The van der Waals surface area contributed by atoms with Crippen LogP contribution in [0.25, 0.3) is 20.5 Å². The van der Waals surface area contributed by atoms with Gasteiger partial charge in [-0.2, -0.15) is 0 Å². The first-order valence-corrected chi connectivity index (χ1v) is 9.97. The third-order valence-electron chi connectivity index (χ3n) is 4.02. The van der Waals surface area contributed by atoms with E-state index in [9.17, 15) is 4.79 Å². The van der Waals surface area contributed by atoms with Gasteiger partial charge in [-0.25, -0.2) is 0 Å². The van der Waals surface area contributed by atoms with Crippen molar-refractivity contribution in [3.8, 4) is 26.2 Å². The summed E-state index contributed by atoms with van der Waals surface area (Å²) in [5, 5.41) is 19.3. The van der Waals surface area contributed by atoms with Crippen LogP contribution >= 0.6 is 22.7 Å². The highest BCUT2D eigenvalue weighted by molar-refractivity contribution is 7.24. The Hall–Kier alpha value is -2.09. The van der Waals surface area contributed by atoms with Gasteiger partial charge in [0.2, 0.25) is 0 Å². The number of carbonyl (C=O) groups excluding carboxylic acids is 1. The smallest absolute Gasteiger partial charge is 0.160 e. The molecule has 0 amide bonds. The summed E-state index contributed by atoms with van der Waals surface area (Å²) in [5.74, 6) is 0.833. The minimum absolute atomic E-state index is 0.00683. The van der Waals surface area contributed by atoms with Crippen molar-refractivity contribution in [3.63, 3.8) is 0 Å². The van der Waals surface area contributed by atoms with Crippen LogP contribution < -0.4 is 4.74 Å². The van der Waals surface area contributed by atoms with E-state index in [2.05, 4.69) is 23.2 Å². The first-order chi connectivity index (χ1) is 12.6. The number of rotatable bonds is 7. The molecule has 2 heterocycles. The Morgan fingerprint density at radius 3 is 2.54 bits per heavy atom. The number of carbonyl (C=O) groups is 1. The Morgan fingerprint density at radius 2 is 1.88 bits per heavy atom. The highest BCUT2D eigenvalue weighted by Gasteiger charge is 2.15. The summed E-state index contributed by atoms with van der Waals surface area (Å²) >= 11 is 2.95. The lowest BCUT2D eigenvalue weighted by molar-refractivity contribution is 0.112. The third kappa shape index (κ3) is 3.70. The van der Waals surface area contributed by atoms with Crippen LogP contribution in [0, 0.1) is 13.8 Å². The number of aliphatic hydroxyl groups excluding tert-OH is 1. The normalized spacial score (nSPS) is 10.9. The summed E-state index contributed by atoms with van der Waals surface area (Å²) < 4.78 is 5.69. The molecule has 1 aromatic carbocycles. The molecule has 7 heteroatoms. The second kappa shape index (κ2) is 8.07. The van der Waals surface area contributed by atoms with E-state index < -0.39 is 0 Å². The number of nitrogens with zero attached hydrogens (tertiary/aromatic N) is 2. The number of hydrogen-bond acceptors (Lipinski definition) is 7. The molecule has 26 heavy (non-hydrogen) atoms. The lowest BCUT2D eigenvalue weighted by Gasteiger charge is -2.14. The zero-order chi connectivity index (χ0) is 18.7. The van der Waals surface area contributed by atoms with Gasteiger partial charge < -0.3 is 9.84 Å². The molecule has 0 saturated carbocycles. The second-order valence-corrected chi connectivity index (χ2v) is 7.96. The maximum Gasteiger partial charge on any atom is 0.160 e. The van der Waals surface area contributed by atoms with E-state index in [4.69, 9.17) is 9.84 Å². The van der Waals surface area contributed by atoms with Crippen LogP contribution in [0.1, 0.15) is 33.3 Å². The lowest BCUT2D eigenvalue weighted by Crippen LogP contribution is -2.05. The van der Waals surface area contributed by atoms with E-state index in [0.717, 1.165) is 60.5 Å². The van der Waals surface area contributed by atoms with Crippen LogP contribution in [0.4, 0.5) is 0 Å². The molecule has 5 nitrogen and oxygen atoms in total. The predicted molar refractivity (Wildman–Crippen MR) is 105 cm³/mol. The molecule has 0 radical (unpaired) electrons.